The van der Waals surface area contributed by atoms with E-state index in [0.717, 1.165) is 5.56 Å². The van der Waals surface area contributed by atoms with E-state index in [2.05, 4.69) is 15.9 Å². The Hall–Kier alpha value is -0.610. The van der Waals surface area contributed by atoms with Gasteiger partial charge in [0.1, 0.15) is 5.82 Å². The van der Waals surface area contributed by atoms with Crippen LogP contribution in [-0.4, -0.2) is 5.11 Å². The van der Waals surface area contributed by atoms with Crippen LogP contribution in [0.1, 0.15) is 17.2 Å². The van der Waals surface area contributed by atoms with E-state index in [-0.39, 0.29) is 12.0 Å². The van der Waals surface area contributed by atoms with Crippen LogP contribution in [0.4, 0.5) is 4.39 Å². The maximum absolute atomic E-state index is 13.9. The van der Waals surface area contributed by atoms with E-state index >= 15 is 0 Å². The monoisotopic (exact) mass is 362 g/mol. The van der Waals surface area contributed by atoms with Gasteiger partial charge in [0.15, 0.2) is 0 Å². The Morgan fingerprint density at radius 1 is 1.21 bits per heavy atom. The smallest absolute Gasteiger partial charge is 0.143 e. The van der Waals surface area contributed by atoms with Gasteiger partial charge in [-0.2, -0.15) is 0 Å². The molecule has 0 amide bonds. The van der Waals surface area contributed by atoms with Gasteiger partial charge in [0.2, 0.25) is 0 Å². The van der Waals surface area contributed by atoms with Gasteiger partial charge < -0.3 is 5.11 Å². The molecular weight excluding hydrogens is 354 g/mol. The molecule has 0 aromatic heterocycles. The first-order valence-electron chi connectivity index (χ1n) is 5.55. The molecule has 0 aliphatic heterocycles. The molecule has 0 aliphatic carbocycles. The van der Waals surface area contributed by atoms with E-state index < -0.39 is 11.9 Å². The lowest BCUT2D eigenvalue weighted by molar-refractivity contribution is 0.173. The highest BCUT2D eigenvalue weighted by Crippen LogP contribution is 2.29. The van der Waals surface area contributed by atoms with Gasteiger partial charge in [0, 0.05) is 22.0 Å². The second-order valence-corrected chi connectivity index (χ2v) is 5.80. The Balaban J connectivity index is 2.25. The van der Waals surface area contributed by atoms with Gasteiger partial charge in [0.05, 0.1) is 10.6 Å². The molecule has 0 spiro atoms. The van der Waals surface area contributed by atoms with Crippen LogP contribution < -0.4 is 0 Å². The van der Waals surface area contributed by atoms with Crippen LogP contribution in [0.2, 0.25) is 10.0 Å². The van der Waals surface area contributed by atoms with Crippen molar-refractivity contribution in [3.8, 4) is 0 Å². The molecule has 2 aromatic rings. The molecule has 0 saturated carbocycles. The molecule has 0 aliphatic rings. The molecular formula is C14H10BrCl2FO. The average molecular weight is 364 g/mol. The molecule has 0 radical (unpaired) electrons. The molecule has 5 heteroatoms. The summed E-state index contributed by atoms with van der Waals surface area (Å²) in [6, 6.07) is 9.82. The summed E-state index contributed by atoms with van der Waals surface area (Å²) < 4.78 is 14.2. The zero-order chi connectivity index (χ0) is 14.0. The second-order valence-electron chi connectivity index (χ2n) is 4.10. The van der Waals surface area contributed by atoms with E-state index in [4.69, 9.17) is 23.2 Å². The third-order valence-corrected chi connectivity index (χ3v) is 3.97. The number of aliphatic hydroxyl groups excluding tert-OH is 1. The minimum absolute atomic E-state index is 0.226. The molecule has 100 valence electrons. The highest BCUT2D eigenvalue weighted by atomic mass is 79.9. The van der Waals surface area contributed by atoms with Crippen LogP contribution >= 0.6 is 39.1 Å². The molecule has 0 heterocycles. The Morgan fingerprint density at radius 3 is 2.63 bits per heavy atom. The minimum atomic E-state index is -0.962. The maximum atomic E-state index is 13.9. The van der Waals surface area contributed by atoms with Crippen molar-refractivity contribution in [2.24, 2.45) is 0 Å². The van der Waals surface area contributed by atoms with E-state index in [1.807, 2.05) is 0 Å². The summed E-state index contributed by atoms with van der Waals surface area (Å²) >= 11 is 14.9. The van der Waals surface area contributed by atoms with E-state index in [1.165, 1.54) is 0 Å². The molecule has 1 nitrogen and oxygen atoms in total. The first-order chi connectivity index (χ1) is 8.99. The fraction of sp³-hybridized carbons (Fsp3) is 0.143. The van der Waals surface area contributed by atoms with E-state index in [1.54, 1.807) is 36.4 Å². The summed E-state index contributed by atoms with van der Waals surface area (Å²) in [6.07, 6.45) is -0.736. The van der Waals surface area contributed by atoms with Crippen molar-refractivity contribution in [3.63, 3.8) is 0 Å². The van der Waals surface area contributed by atoms with Crippen LogP contribution in [0.15, 0.2) is 40.9 Å². The van der Waals surface area contributed by atoms with Crippen LogP contribution in [0, 0.1) is 5.82 Å². The number of hydrogen-bond donors (Lipinski definition) is 1. The topological polar surface area (TPSA) is 20.2 Å². The first kappa shape index (κ1) is 14.8. The van der Waals surface area contributed by atoms with E-state index in [9.17, 15) is 9.50 Å². The number of benzene rings is 2. The highest BCUT2D eigenvalue weighted by molar-refractivity contribution is 9.10. The third-order valence-electron chi connectivity index (χ3n) is 2.77. The second kappa shape index (κ2) is 6.23. The SMILES string of the molecule is OC(Cc1ccc(Cl)cc1Cl)c1cccc(Br)c1F. The van der Waals surface area contributed by atoms with Crippen molar-refractivity contribution < 1.29 is 9.50 Å². The van der Waals surface area contributed by atoms with Gasteiger partial charge in [-0.15, -0.1) is 0 Å². The van der Waals surface area contributed by atoms with Crippen LogP contribution in [0.25, 0.3) is 0 Å². The lowest BCUT2D eigenvalue weighted by Gasteiger charge is -2.14. The summed E-state index contributed by atoms with van der Waals surface area (Å²) in [4.78, 5) is 0. The highest BCUT2D eigenvalue weighted by Gasteiger charge is 2.16. The number of hydrogen-bond acceptors (Lipinski definition) is 1. The lowest BCUT2D eigenvalue weighted by atomic mass is 10.0. The van der Waals surface area contributed by atoms with Crippen molar-refractivity contribution in [1.29, 1.82) is 0 Å². The zero-order valence-corrected chi connectivity index (χ0v) is 12.8. The Morgan fingerprint density at radius 2 is 1.95 bits per heavy atom. The number of aliphatic hydroxyl groups is 1. The Kier molecular flexibility index (Phi) is 4.85. The molecule has 1 N–H and O–H groups in total. The fourth-order valence-electron chi connectivity index (χ4n) is 1.78. The summed E-state index contributed by atoms with van der Waals surface area (Å²) in [5.74, 6) is -0.458. The van der Waals surface area contributed by atoms with Gasteiger partial charge >= 0.3 is 0 Å². The fourth-order valence-corrected chi connectivity index (χ4v) is 2.65. The minimum Gasteiger partial charge on any atom is -0.388 e. The lowest BCUT2D eigenvalue weighted by Crippen LogP contribution is -2.05. The van der Waals surface area contributed by atoms with Gasteiger partial charge in [-0.1, -0.05) is 41.4 Å². The molecule has 1 atom stereocenters. The van der Waals surface area contributed by atoms with Gasteiger partial charge in [-0.3, -0.25) is 0 Å². The van der Waals surface area contributed by atoms with Gasteiger partial charge in [-0.05, 0) is 39.7 Å². The third kappa shape index (κ3) is 3.48. The summed E-state index contributed by atoms with van der Waals surface area (Å²) in [7, 11) is 0. The largest absolute Gasteiger partial charge is 0.388 e. The molecule has 2 rings (SSSR count). The summed E-state index contributed by atoms with van der Waals surface area (Å²) in [5, 5.41) is 11.1. The molecule has 1 unspecified atom stereocenters. The van der Waals surface area contributed by atoms with Crippen LogP contribution in [0.3, 0.4) is 0 Å². The van der Waals surface area contributed by atoms with Crippen molar-refractivity contribution in [2.45, 2.75) is 12.5 Å². The number of halogens is 4. The average Bonchev–Trinajstić information content (AvgIpc) is 2.36. The molecule has 0 saturated heterocycles. The van der Waals surface area contributed by atoms with Gasteiger partial charge in [-0.25, -0.2) is 4.39 Å². The number of rotatable bonds is 3. The summed E-state index contributed by atoms with van der Waals surface area (Å²) in [5.41, 5.74) is 0.957. The Labute approximate surface area is 129 Å². The standard InChI is InChI=1S/C14H10BrCl2FO/c15-11-3-1-2-10(14(11)18)13(19)6-8-4-5-9(16)7-12(8)17/h1-5,7,13,19H,6H2. The summed E-state index contributed by atoms with van der Waals surface area (Å²) in [6.45, 7) is 0. The maximum Gasteiger partial charge on any atom is 0.143 e. The van der Waals surface area contributed by atoms with Crippen molar-refractivity contribution in [2.75, 3.05) is 0 Å². The van der Waals surface area contributed by atoms with Crippen LogP contribution in [-0.2, 0) is 6.42 Å². The first-order valence-corrected chi connectivity index (χ1v) is 7.10. The van der Waals surface area contributed by atoms with Crippen LogP contribution in [0.5, 0.6) is 0 Å². The van der Waals surface area contributed by atoms with E-state index in [0.29, 0.717) is 14.5 Å². The van der Waals surface area contributed by atoms with Crippen molar-refractivity contribution in [1.82, 2.24) is 0 Å². The normalized spacial score (nSPS) is 12.5. The van der Waals surface area contributed by atoms with Gasteiger partial charge in [0.25, 0.3) is 0 Å². The molecule has 19 heavy (non-hydrogen) atoms. The quantitative estimate of drug-likeness (QED) is 0.797. The molecule has 2 aromatic carbocycles. The molecule has 0 fully saturated rings. The Bertz CT molecular complexity index is 604. The predicted molar refractivity (Wildman–Crippen MR) is 79.2 cm³/mol. The molecule has 0 bridgehead atoms. The van der Waals surface area contributed by atoms with Crippen molar-refractivity contribution >= 4 is 39.1 Å². The zero-order valence-electron chi connectivity index (χ0n) is 9.71. The predicted octanol–water partition coefficient (Wildman–Crippen LogP) is 5.17. The van der Waals surface area contributed by atoms with Crippen molar-refractivity contribution in [3.05, 3.63) is 67.9 Å².